The third-order valence-electron chi connectivity index (χ3n) is 7.20. The maximum Gasteiger partial charge on any atom is 0.0710 e. The van der Waals surface area contributed by atoms with E-state index in [2.05, 4.69) is 128 Å². The monoisotopic (exact) mass is 410 g/mol. The second-order valence-corrected chi connectivity index (χ2v) is 8.97. The van der Waals surface area contributed by atoms with Crippen molar-refractivity contribution in [1.82, 2.24) is 0 Å². The molecule has 0 fully saturated rings. The Morgan fingerprint density at radius 2 is 1.25 bits per heavy atom. The highest BCUT2D eigenvalue weighted by Crippen LogP contribution is 2.58. The molecular weight excluding hydrogens is 384 g/mol. The number of hydrogen-bond donors (Lipinski definition) is 0. The van der Waals surface area contributed by atoms with Gasteiger partial charge in [0.15, 0.2) is 0 Å². The summed E-state index contributed by atoms with van der Waals surface area (Å²) >= 11 is 0. The predicted octanol–water partition coefficient (Wildman–Crippen LogP) is 8.05. The normalized spacial score (nSPS) is 18.3. The van der Waals surface area contributed by atoms with Gasteiger partial charge in [-0.1, -0.05) is 122 Å². The number of rotatable bonds is 3. The molecule has 0 bridgehead atoms. The van der Waals surface area contributed by atoms with E-state index < -0.39 is 0 Å². The molecule has 1 atom stereocenters. The van der Waals surface area contributed by atoms with Gasteiger partial charge in [-0.05, 0) is 62.9 Å². The molecule has 0 nitrogen and oxygen atoms in total. The van der Waals surface area contributed by atoms with Crippen molar-refractivity contribution < 1.29 is 0 Å². The van der Waals surface area contributed by atoms with Crippen molar-refractivity contribution in [3.8, 4) is 11.1 Å². The van der Waals surface area contributed by atoms with Crippen LogP contribution in [-0.2, 0) is 5.41 Å². The Morgan fingerprint density at radius 1 is 0.656 bits per heavy atom. The van der Waals surface area contributed by atoms with Crippen molar-refractivity contribution in [2.45, 2.75) is 18.8 Å². The van der Waals surface area contributed by atoms with Crippen LogP contribution in [0.3, 0.4) is 0 Å². The van der Waals surface area contributed by atoms with Crippen molar-refractivity contribution in [2.24, 2.45) is 5.92 Å². The van der Waals surface area contributed by atoms with E-state index >= 15 is 0 Å². The third-order valence-corrected chi connectivity index (χ3v) is 7.20. The maximum absolute atomic E-state index is 2.45. The molecule has 0 aromatic heterocycles. The van der Waals surface area contributed by atoms with Gasteiger partial charge in [0.1, 0.15) is 0 Å². The van der Waals surface area contributed by atoms with Gasteiger partial charge in [-0.3, -0.25) is 0 Å². The highest BCUT2D eigenvalue weighted by atomic mass is 14.5. The zero-order valence-corrected chi connectivity index (χ0v) is 18.3. The second-order valence-electron chi connectivity index (χ2n) is 8.97. The molecular formula is C32H26. The number of allylic oxidation sites excluding steroid dienone is 4. The summed E-state index contributed by atoms with van der Waals surface area (Å²) in [6.45, 7) is 2.37. The van der Waals surface area contributed by atoms with Gasteiger partial charge in [-0.15, -0.1) is 0 Å². The summed E-state index contributed by atoms with van der Waals surface area (Å²) in [5, 5.41) is 0. The van der Waals surface area contributed by atoms with Crippen LogP contribution in [0.4, 0.5) is 0 Å². The van der Waals surface area contributed by atoms with E-state index in [4.69, 9.17) is 0 Å². The molecule has 0 amide bonds. The first kappa shape index (κ1) is 19.1. The number of fused-ring (bicyclic) bond motifs is 2. The van der Waals surface area contributed by atoms with Crippen molar-refractivity contribution in [1.29, 1.82) is 0 Å². The minimum atomic E-state index is -0.302. The van der Waals surface area contributed by atoms with Crippen molar-refractivity contribution in [3.63, 3.8) is 0 Å². The zero-order valence-electron chi connectivity index (χ0n) is 18.3. The Kier molecular flexibility index (Phi) is 4.47. The highest BCUT2D eigenvalue weighted by molar-refractivity contribution is 5.90. The van der Waals surface area contributed by atoms with E-state index in [1.807, 2.05) is 0 Å². The van der Waals surface area contributed by atoms with Crippen LogP contribution in [0.15, 0.2) is 127 Å². The van der Waals surface area contributed by atoms with E-state index in [0.717, 1.165) is 6.42 Å². The maximum atomic E-state index is 2.45. The molecule has 0 heterocycles. The van der Waals surface area contributed by atoms with Crippen molar-refractivity contribution in [2.75, 3.05) is 0 Å². The molecule has 0 saturated heterocycles. The summed E-state index contributed by atoms with van der Waals surface area (Å²) in [5.74, 6) is 0.505. The third kappa shape index (κ3) is 2.69. The number of hydrogen-bond acceptors (Lipinski definition) is 0. The van der Waals surface area contributed by atoms with Gasteiger partial charge < -0.3 is 0 Å². The Balaban J connectivity index is 1.73. The minimum absolute atomic E-state index is 0.302. The lowest BCUT2D eigenvalue weighted by atomic mass is 9.66. The van der Waals surface area contributed by atoms with Gasteiger partial charge in [-0.25, -0.2) is 0 Å². The molecule has 0 saturated carbocycles. The Labute approximate surface area is 190 Å². The molecule has 0 heteroatoms. The largest absolute Gasteiger partial charge is 0.0836 e. The molecule has 4 aromatic carbocycles. The fourth-order valence-corrected chi connectivity index (χ4v) is 5.81. The van der Waals surface area contributed by atoms with Crippen LogP contribution in [0.1, 0.15) is 35.6 Å². The highest BCUT2D eigenvalue weighted by Gasteiger charge is 2.48. The van der Waals surface area contributed by atoms with Crippen LogP contribution in [0.5, 0.6) is 0 Å². The SMILES string of the molecule is CC1CC=CC2=C1c1ccc(-c3ccccc3)cc1C2(c1ccccc1)c1ccccc1. The standard InChI is InChI=1S/C32H26/c1-23-12-11-19-29-31(23)28-21-20-25(24-13-5-2-6-14-24)22-30(28)32(29,26-15-7-3-8-16-26)27-17-9-4-10-18-27/h2-11,13-23H,12H2,1H3. The smallest absolute Gasteiger partial charge is 0.0710 e. The summed E-state index contributed by atoms with van der Waals surface area (Å²) < 4.78 is 0. The van der Waals surface area contributed by atoms with Gasteiger partial charge in [0, 0.05) is 0 Å². The molecule has 2 aliphatic carbocycles. The average Bonchev–Trinajstić information content (AvgIpc) is 3.17. The topological polar surface area (TPSA) is 0 Å². The summed E-state index contributed by atoms with van der Waals surface area (Å²) in [4.78, 5) is 0. The second kappa shape index (κ2) is 7.50. The van der Waals surface area contributed by atoms with Gasteiger partial charge in [0.25, 0.3) is 0 Å². The Morgan fingerprint density at radius 3 is 1.88 bits per heavy atom. The molecule has 1 unspecified atom stereocenters. The predicted molar refractivity (Wildman–Crippen MR) is 134 cm³/mol. The van der Waals surface area contributed by atoms with Crippen LogP contribution in [0, 0.1) is 5.92 Å². The Bertz CT molecular complexity index is 1290. The summed E-state index contributed by atoms with van der Waals surface area (Å²) in [7, 11) is 0. The summed E-state index contributed by atoms with van der Waals surface area (Å²) in [6, 6.07) is 40.0. The zero-order chi connectivity index (χ0) is 21.5. The molecule has 6 rings (SSSR count). The quantitative estimate of drug-likeness (QED) is 0.320. The molecule has 0 radical (unpaired) electrons. The van der Waals surface area contributed by atoms with Gasteiger partial charge in [0.05, 0.1) is 5.41 Å². The fraction of sp³-hybridized carbons (Fsp3) is 0.125. The Hall–Kier alpha value is -3.64. The summed E-state index contributed by atoms with van der Waals surface area (Å²) in [6.07, 6.45) is 5.87. The van der Waals surface area contributed by atoms with Crippen molar-refractivity contribution >= 4 is 5.57 Å². The van der Waals surface area contributed by atoms with Crippen LogP contribution < -0.4 is 0 Å². The molecule has 0 N–H and O–H groups in total. The first-order valence-electron chi connectivity index (χ1n) is 11.5. The molecule has 0 aliphatic heterocycles. The number of benzene rings is 4. The molecule has 154 valence electrons. The van der Waals surface area contributed by atoms with Gasteiger partial charge in [-0.2, -0.15) is 0 Å². The first-order valence-corrected chi connectivity index (χ1v) is 11.5. The van der Waals surface area contributed by atoms with E-state index in [1.165, 1.54) is 44.5 Å². The van der Waals surface area contributed by atoms with E-state index in [0.29, 0.717) is 5.92 Å². The van der Waals surface area contributed by atoms with E-state index in [1.54, 1.807) is 0 Å². The van der Waals surface area contributed by atoms with Crippen LogP contribution >= 0.6 is 0 Å². The molecule has 32 heavy (non-hydrogen) atoms. The molecule has 0 spiro atoms. The fourth-order valence-electron chi connectivity index (χ4n) is 5.81. The molecule has 2 aliphatic rings. The average molecular weight is 411 g/mol. The lowest BCUT2D eigenvalue weighted by molar-refractivity contribution is 0.722. The lowest BCUT2D eigenvalue weighted by Gasteiger charge is -2.36. The van der Waals surface area contributed by atoms with Crippen LogP contribution in [-0.4, -0.2) is 0 Å². The van der Waals surface area contributed by atoms with Crippen LogP contribution in [0.25, 0.3) is 16.7 Å². The van der Waals surface area contributed by atoms with Crippen LogP contribution in [0.2, 0.25) is 0 Å². The van der Waals surface area contributed by atoms with E-state index in [9.17, 15) is 0 Å². The minimum Gasteiger partial charge on any atom is -0.0836 e. The van der Waals surface area contributed by atoms with Crippen molar-refractivity contribution in [3.05, 3.63) is 149 Å². The van der Waals surface area contributed by atoms with Gasteiger partial charge in [0.2, 0.25) is 0 Å². The van der Waals surface area contributed by atoms with E-state index in [-0.39, 0.29) is 5.41 Å². The first-order chi connectivity index (χ1) is 15.8. The van der Waals surface area contributed by atoms with Gasteiger partial charge >= 0.3 is 0 Å². The lowest BCUT2D eigenvalue weighted by Crippen LogP contribution is -2.29. The summed E-state index contributed by atoms with van der Waals surface area (Å²) in [5.41, 5.74) is 10.7. The molecule has 4 aromatic rings.